The molecule has 1 heterocycles. The number of ether oxygens (including phenoxy) is 2. The third kappa shape index (κ3) is 5.35. The third-order valence-corrected chi connectivity index (χ3v) is 7.57. The van der Waals surface area contributed by atoms with E-state index in [0.29, 0.717) is 5.56 Å². The summed E-state index contributed by atoms with van der Waals surface area (Å²) in [4.78, 5) is 25.8. The van der Waals surface area contributed by atoms with Crippen LogP contribution in [-0.4, -0.2) is 94.8 Å². The topological polar surface area (TPSA) is 235 Å². The van der Waals surface area contributed by atoms with Gasteiger partial charge in [0, 0.05) is 17.6 Å². The lowest BCUT2D eigenvalue weighted by molar-refractivity contribution is -0.234. The number of hydrogen-bond acceptors (Lipinski definition) is 13. The molecule has 0 aromatic heterocycles. The van der Waals surface area contributed by atoms with Gasteiger partial charge in [0.25, 0.3) is 0 Å². The molecule has 0 radical (unpaired) electrons. The molecule has 0 saturated carbocycles. The average Bonchev–Trinajstić information content (AvgIpc) is 2.98. The second kappa shape index (κ2) is 11.6. The number of aliphatic hydroxyl groups excluding tert-OH is 4. The number of benzene rings is 3. The molecule has 1 aliphatic heterocycles. The van der Waals surface area contributed by atoms with Gasteiger partial charge in [-0.25, -0.2) is 4.79 Å². The Bertz CT molecular complexity index is 1610. The first-order valence-electron chi connectivity index (χ1n) is 13.1. The molecular formula is C30H28O13. The molecule has 2 aliphatic rings. The largest absolute Gasteiger partial charge is 0.508 e. The maximum Gasteiger partial charge on any atom is 0.330 e. The molecule has 0 amide bonds. The van der Waals surface area contributed by atoms with Gasteiger partial charge in [-0.3, -0.25) is 4.79 Å². The van der Waals surface area contributed by atoms with Crippen LogP contribution in [0, 0.1) is 0 Å². The highest BCUT2D eigenvalue weighted by Crippen LogP contribution is 2.50. The molecule has 9 N–H and O–H groups in total. The summed E-state index contributed by atoms with van der Waals surface area (Å²) in [5, 5.41) is 93.3. The van der Waals surface area contributed by atoms with Crippen LogP contribution in [0.3, 0.4) is 0 Å². The first kappa shape index (κ1) is 29.8. The number of phenols is 5. The lowest BCUT2D eigenvalue weighted by Gasteiger charge is -2.45. The molecule has 5 rings (SSSR count). The van der Waals surface area contributed by atoms with Crippen LogP contribution in [0.1, 0.15) is 44.1 Å². The van der Waals surface area contributed by atoms with E-state index in [1.165, 1.54) is 30.3 Å². The Morgan fingerprint density at radius 2 is 1.51 bits per heavy atom. The molecule has 13 heteroatoms. The van der Waals surface area contributed by atoms with E-state index in [1.807, 2.05) is 0 Å². The number of phenolic OH excluding ortho intramolecular Hbond substituents is 5. The third-order valence-electron chi connectivity index (χ3n) is 7.57. The number of fused-ring (bicyclic) bond motifs is 2. The molecule has 6 unspecified atom stereocenters. The normalized spacial score (nSPS) is 24.9. The number of aromatic hydroxyl groups is 5. The van der Waals surface area contributed by atoms with E-state index < -0.39 is 84.4 Å². The Labute approximate surface area is 243 Å². The Kier molecular flexibility index (Phi) is 8.01. The molecule has 13 nitrogen and oxygen atoms in total. The Balaban J connectivity index is 1.47. The number of carbonyl (C=O) groups excluding carboxylic acids is 2. The number of carbonyl (C=O) groups is 2. The molecule has 1 fully saturated rings. The molecule has 1 aliphatic carbocycles. The number of aliphatic hydroxyl groups is 4. The van der Waals surface area contributed by atoms with Gasteiger partial charge < -0.3 is 55.4 Å². The smallest absolute Gasteiger partial charge is 0.330 e. The van der Waals surface area contributed by atoms with Crippen molar-refractivity contribution in [1.82, 2.24) is 0 Å². The van der Waals surface area contributed by atoms with Gasteiger partial charge in [-0.1, -0.05) is 12.1 Å². The van der Waals surface area contributed by atoms with Gasteiger partial charge in [0.1, 0.15) is 48.3 Å². The summed E-state index contributed by atoms with van der Waals surface area (Å²) in [6, 6.07) is 8.51. The fraction of sp³-hybridized carbons (Fsp3) is 0.267. The standard InChI is InChI=1S/C30H28O13/c31-10-13-7-14-22(19(36)9-13)27(39)25-17(34)5-4-16(33)24(25)23(14)30-29(41)28(40)26(38)20(43-30)11-42-21(37)6-2-12-1-3-15(32)18(35)8-12/h1-9,20,23,26,28-36,38,40-41H,10-11H2. The molecule has 0 bridgehead atoms. The minimum Gasteiger partial charge on any atom is -0.508 e. The van der Waals surface area contributed by atoms with E-state index in [9.17, 15) is 55.5 Å². The molecular weight excluding hydrogens is 568 g/mol. The van der Waals surface area contributed by atoms with E-state index >= 15 is 0 Å². The minimum atomic E-state index is -1.86. The summed E-state index contributed by atoms with van der Waals surface area (Å²) in [7, 11) is 0. The molecule has 3 aromatic rings. The highest BCUT2D eigenvalue weighted by molar-refractivity contribution is 6.16. The monoisotopic (exact) mass is 596 g/mol. The van der Waals surface area contributed by atoms with Gasteiger partial charge in [0.15, 0.2) is 11.5 Å². The summed E-state index contributed by atoms with van der Waals surface area (Å²) < 4.78 is 11.1. The second-order valence-electron chi connectivity index (χ2n) is 10.3. The molecule has 6 atom stereocenters. The number of rotatable bonds is 6. The predicted molar refractivity (Wildman–Crippen MR) is 146 cm³/mol. The van der Waals surface area contributed by atoms with Crippen LogP contribution in [0.5, 0.6) is 28.7 Å². The molecule has 3 aromatic carbocycles. The van der Waals surface area contributed by atoms with E-state index in [1.54, 1.807) is 0 Å². The molecule has 0 spiro atoms. The van der Waals surface area contributed by atoms with Crippen molar-refractivity contribution in [3.63, 3.8) is 0 Å². The van der Waals surface area contributed by atoms with E-state index in [-0.39, 0.29) is 33.6 Å². The lowest BCUT2D eigenvalue weighted by atomic mass is 9.71. The van der Waals surface area contributed by atoms with Gasteiger partial charge in [0.2, 0.25) is 5.78 Å². The Hall–Kier alpha value is -4.66. The van der Waals surface area contributed by atoms with Crippen molar-refractivity contribution in [3.05, 3.63) is 81.9 Å². The van der Waals surface area contributed by atoms with Gasteiger partial charge in [-0.2, -0.15) is 0 Å². The van der Waals surface area contributed by atoms with Crippen molar-refractivity contribution in [1.29, 1.82) is 0 Å². The Morgan fingerprint density at radius 3 is 2.21 bits per heavy atom. The molecule has 226 valence electrons. The zero-order valence-electron chi connectivity index (χ0n) is 22.2. The van der Waals surface area contributed by atoms with E-state index in [4.69, 9.17) is 9.47 Å². The first-order valence-corrected chi connectivity index (χ1v) is 13.1. The SMILES string of the molecule is O=C(C=Cc1ccc(O)c(O)c1)OCC1OC(C2c3cc(CO)cc(O)c3C(=O)c3c(O)ccc(O)c32)C(O)C(O)C1O. The van der Waals surface area contributed by atoms with Crippen LogP contribution in [-0.2, 0) is 20.9 Å². The first-order chi connectivity index (χ1) is 20.4. The Morgan fingerprint density at radius 1 is 0.814 bits per heavy atom. The van der Waals surface area contributed by atoms with Crippen molar-refractivity contribution in [3.8, 4) is 28.7 Å². The van der Waals surface area contributed by atoms with Crippen molar-refractivity contribution in [2.75, 3.05) is 6.61 Å². The van der Waals surface area contributed by atoms with Crippen LogP contribution in [0.15, 0.2) is 48.5 Å². The van der Waals surface area contributed by atoms with Gasteiger partial charge in [-0.05, 0) is 53.1 Å². The number of esters is 1. The molecule has 1 saturated heterocycles. The molecule has 43 heavy (non-hydrogen) atoms. The zero-order chi connectivity index (χ0) is 31.2. The van der Waals surface area contributed by atoms with Crippen molar-refractivity contribution < 1.29 is 65.0 Å². The van der Waals surface area contributed by atoms with Gasteiger partial charge in [0.05, 0.1) is 23.8 Å². The zero-order valence-corrected chi connectivity index (χ0v) is 22.2. The van der Waals surface area contributed by atoms with Crippen LogP contribution in [0.4, 0.5) is 0 Å². The average molecular weight is 597 g/mol. The quantitative estimate of drug-likeness (QED) is 0.0817. The highest BCUT2D eigenvalue weighted by Gasteiger charge is 2.51. The summed E-state index contributed by atoms with van der Waals surface area (Å²) in [6.45, 7) is -1.17. The van der Waals surface area contributed by atoms with Crippen LogP contribution >= 0.6 is 0 Å². The minimum absolute atomic E-state index is 0.00548. The number of hydrogen-bond donors (Lipinski definition) is 9. The fourth-order valence-electron chi connectivity index (χ4n) is 5.48. The summed E-state index contributed by atoms with van der Waals surface area (Å²) in [5.74, 6) is -5.39. The van der Waals surface area contributed by atoms with Crippen molar-refractivity contribution in [2.24, 2.45) is 0 Å². The maximum absolute atomic E-state index is 13.4. The van der Waals surface area contributed by atoms with E-state index in [0.717, 1.165) is 24.3 Å². The number of ketones is 1. The van der Waals surface area contributed by atoms with Crippen LogP contribution in [0.25, 0.3) is 6.08 Å². The van der Waals surface area contributed by atoms with Crippen molar-refractivity contribution >= 4 is 17.8 Å². The fourth-order valence-corrected chi connectivity index (χ4v) is 5.48. The van der Waals surface area contributed by atoms with E-state index in [2.05, 4.69) is 0 Å². The maximum atomic E-state index is 13.4. The summed E-state index contributed by atoms with van der Waals surface area (Å²) in [5.41, 5.74) is -0.323. The van der Waals surface area contributed by atoms with Gasteiger partial charge in [-0.15, -0.1) is 0 Å². The predicted octanol–water partition coefficient (Wildman–Crippen LogP) is 0.490. The summed E-state index contributed by atoms with van der Waals surface area (Å²) in [6.07, 6.45) is -6.14. The lowest BCUT2D eigenvalue weighted by Crippen LogP contribution is -2.60. The van der Waals surface area contributed by atoms with Gasteiger partial charge >= 0.3 is 5.97 Å². The second-order valence-corrected chi connectivity index (χ2v) is 10.3. The highest BCUT2D eigenvalue weighted by atomic mass is 16.6. The van der Waals surface area contributed by atoms with Crippen LogP contribution in [0.2, 0.25) is 0 Å². The summed E-state index contributed by atoms with van der Waals surface area (Å²) >= 11 is 0. The van der Waals surface area contributed by atoms with Crippen LogP contribution < -0.4 is 0 Å². The van der Waals surface area contributed by atoms with Crippen molar-refractivity contribution in [2.45, 2.75) is 43.0 Å².